The lowest BCUT2D eigenvalue weighted by molar-refractivity contribution is -0.270. The largest absolute Gasteiger partial charge is 0.375 e. The minimum absolute atomic E-state index is 0.104. The number of halogens is 1. The van der Waals surface area contributed by atoms with Gasteiger partial charge in [-0.25, -0.2) is 0 Å². The summed E-state index contributed by atoms with van der Waals surface area (Å²) in [6.07, 6.45) is 4.79. The van der Waals surface area contributed by atoms with Crippen LogP contribution in [0.5, 0.6) is 0 Å². The third-order valence-electron chi connectivity index (χ3n) is 5.06. The van der Waals surface area contributed by atoms with E-state index in [1.54, 1.807) is 0 Å². The first-order valence-corrected chi connectivity index (χ1v) is 10.2. The Labute approximate surface area is 155 Å². The standard InChI is InChI=1S/C18H34BrNO4/c1-16(2)10-14(11-17(3,4)20(16)21)23-13-18(5,12-19)24-15-8-6-7-9-22-15/h14-15,21H,6-13H2,1-5H3. The van der Waals surface area contributed by atoms with Crippen LogP contribution in [0.1, 0.15) is 66.7 Å². The van der Waals surface area contributed by atoms with Crippen LogP contribution in [0.2, 0.25) is 0 Å². The van der Waals surface area contributed by atoms with Crippen molar-refractivity contribution >= 4 is 15.9 Å². The maximum atomic E-state index is 10.4. The Hall–Kier alpha value is 0.280. The first-order chi connectivity index (χ1) is 11.1. The lowest BCUT2D eigenvalue weighted by atomic mass is 9.80. The Morgan fingerprint density at radius 3 is 2.33 bits per heavy atom. The maximum Gasteiger partial charge on any atom is 0.158 e. The molecule has 5 nitrogen and oxygen atoms in total. The number of alkyl halides is 1. The van der Waals surface area contributed by atoms with Gasteiger partial charge in [-0.05, 0) is 66.7 Å². The van der Waals surface area contributed by atoms with E-state index in [0.29, 0.717) is 11.9 Å². The van der Waals surface area contributed by atoms with E-state index in [4.69, 9.17) is 14.2 Å². The van der Waals surface area contributed by atoms with Gasteiger partial charge < -0.3 is 19.4 Å². The Morgan fingerprint density at radius 1 is 1.21 bits per heavy atom. The molecule has 2 rings (SSSR count). The Morgan fingerprint density at radius 2 is 1.83 bits per heavy atom. The summed E-state index contributed by atoms with van der Waals surface area (Å²) >= 11 is 3.57. The predicted octanol–water partition coefficient (Wildman–Crippen LogP) is 4.11. The van der Waals surface area contributed by atoms with E-state index in [9.17, 15) is 5.21 Å². The lowest BCUT2D eigenvalue weighted by Gasteiger charge is -2.51. The normalized spacial score (nSPS) is 30.9. The van der Waals surface area contributed by atoms with E-state index < -0.39 is 5.60 Å². The number of rotatable bonds is 6. The van der Waals surface area contributed by atoms with Crippen LogP contribution in [0.15, 0.2) is 0 Å². The highest BCUT2D eigenvalue weighted by Gasteiger charge is 2.46. The van der Waals surface area contributed by atoms with Gasteiger partial charge in [-0.1, -0.05) is 15.9 Å². The van der Waals surface area contributed by atoms with Crippen molar-refractivity contribution in [3.05, 3.63) is 0 Å². The second-order valence-electron chi connectivity index (χ2n) is 8.78. The van der Waals surface area contributed by atoms with Crippen molar-refractivity contribution in [1.29, 1.82) is 0 Å². The first-order valence-electron chi connectivity index (χ1n) is 9.04. The average Bonchev–Trinajstić information content (AvgIpc) is 2.51. The van der Waals surface area contributed by atoms with Gasteiger partial charge in [0.25, 0.3) is 0 Å². The zero-order chi connectivity index (χ0) is 18.0. The van der Waals surface area contributed by atoms with Gasteiger partial charge in [0.1, 0.15) is 5.60 Å². The predicted molar refractivity (Wildman–Crippen MR) is 97.6 cm³/mol. The van der Waals surface area contributed by atoms with E-state index in [0.717, 1.165) is 38.7 Å². The van der Waals surface area contributed by atoms with Crippen molar-refractivity contribution < 1.29 is 19.4 Å². The molecule has 1 N–H and O–H groups in total. The number of hydrogen-bond acceptors (Lipinski definition) is 5. The smallest absolute Gasteiger partial charge is 0.158 e. The van der Waals surface area contributed by atoms with Gasteiger partial charge in [-0.2, -0.15) is 5.06 Å². The van der Waals surface area contributed by atoms with Crippen LogP contribution in [0.4, 0.5) is 0 Å². The molecule has 0 amide bonds. The molecule has 0 aromatic heterocycles. The average molecular weight is 408 g/mol. The summed E-state index contributed by atoms with van der Waals surface area (Å²) in [7, 11) is 0. The lowest BCUT2D eigenvalue weighted by Crippen LogP contribution is -2.61. The SMILES string of the molecule is CC(CBr)(COC1CC(C)(C)N(O)C(C)(C)C1)OC1CCCCO1. The molecule has 2 saturated heterocycles. The molecular weight excluding hydrogens is 374 g/mol. The molecule has 0 aliphatic carbocycles. The molecule has 142 valence electrons. The molecule has 2 aliphatic heterocycles. The fraction of sp³-hybridized carbons (Fsp3) is 1.00. The van der Waals surface area contributed by atoms with Gasteiger partial charge in [-0.15, -0.1) is 0 Å². The highest BCUT2D eigenvalue weighted by atomic mass is 79.9. The van der Waals surface area contributed by atoms with Crippen molar-refractivity contribution in [2.24, 2.45) is 0 Å². The van der Waals surface area contributed by atoms with E-state index >= 15 is 0 Å². The summed E-state index contributed by atoms with van der Waals surface area (Å²) in [4.78, 5) is 0. The fourth-order valence-corrected chi connectivity index (χ4v) is 4.11. The topological polar surface area (TPSA) is 51.2 Å². The number of hydrogen-bond donors (Lipinski definition) is 1. The summed E-state index contributed by atoms with van der Waals surface area (Å²) in [5.41, 5.74) is -1.01. The zero-order valence-corrected chi connectivity index (χ0v) is 17.4. The maximum absolute atomic E-state index is 10.4. The van der Waals surface area contributed by atoms with E-state index in [1.165, 1.54) is 5.06 Å². The van der Waals surface area contributed by atoms with Gasteiger partial charge in [-0.3, -0.25) is 0 Å². The summed E-state index contributed by atoms with van der Waals surface area (Å²) in [6, 6.07) is 0. The van der Waals surface area contributed by atoms with Crippen LogP contribution in [0, 0.1) is 0 Å². The van der Waals surface area contributed by atoms with Crippen LogP contribution < -0.4 is 0 Å². The summed E-state index contributed by atoms with van der Waals surface area (Å²) in [5.74, 6) is 0. The minimum atomic E-state index is -0.410. The third kappa shape index (κ3) is 5.15. The number of hydroxylamine groups is 2. The second-order valence-corrected chi connectivity index (χ2v) is 9.34. The highest BCUT2D eigenvalue weighted by molar-refractivity contribution is 9.09. The molecule has 2 unspecified atom stereocenters. The summed E-state index contributed by atoms with van der Waals surface area (Å²) in [6.45, 7) is 11.6. The monoisotopic (exact) mass is 407 g/mol. The second kappa shape index (κ2) is 7.89. The van der Waals surface area contributed by atoms with Crippen LogP contribution >= 0.6 is 15.9 Å². The Kier molecular flexibility index (Phi) is 6.77. The number of ether oxygens (including phenoxy) is 3. The molecule has 0 saturated carbocycles. The van der Waals surface area contributed by atoms with Gasteiger partial charge in [0.2, 0.25) is 0 Å². The number of piperidine rings is 1. The van der Waals surface area contributed by atoms with E-state index in [-0.39, 0.29) is 23.5 Å². The van der Waals surface area contributed by atoms with Gasteiger partial charge >= 0.3 is 0 Å². The molecule has 2 heterocycles. The number of nitrogens with zero attached hydrogens (tertiary/aromatic N) is 1. The molecule has 24 heavy (non-hydrogen) atoms. The Balaban J connectivity index is 1.92. The van der Waals surface area contributed by atoms with Crippen molar-refractivity contribution in [3.8, 4) is 0 Å². The van der Waals surface area contributed by atoms with Crippen molar-refractivity contribution in [2.75, 3.05) is 18.5 Å². The van der Waals surface area contributed by atoms with Crippen LogP contribution in [0.25, 0.3) is 0 Å². The quantitative estimate of drug-likeness (QED) is 0.671. The van der Waals surface area contributed by atoms with Crippen molar-refractivity contribution in [1.82, 2.24) is 5.06 Å². The van der Waals surface area contributed by atoms with Gasteiger partial charge in [0, 0.05) is 23.0 Å². The minimum Gasteiger partial charge on any atom is -0.375 e. The zero-order valence-electron chi connectivity index (χ0n) is 15.8. The molecule has 0 aromatic carbocycles. The molecule has 0 aromatic rings. The molecule has 2 fully saturated rings. The summed E-state index contributed by atoms with van der Waals surface area (Å²) < 4.78 is 18.2. The van der Waals surface area contributed by atoms with Crippen molar-refractivity contribution in [2.45, 2.75) is 95.8 Å². The first kappa shape index (κ1) is 20.6. The Bertz CT molecular complexity index is 394. The third-order valence-corrected chi connectivity index (χ3v) is 6.25. The highest BCUT2D eigenvalue weighted by Crippen LogP contribution is 2.38. The molecular formula is C18H34BrNO4. The van der Waals surface area contributed by atoms with Gasteiger partial charge in [0.15, 0.2) is 6.29 Å². The molecule has 2 atom stereocenters. The van der Waals surface area contributed by atoms with Crippen molar-refractivity contribution in [3.63, 3.8) is 0 Å². The summed E-state index contributed by atoms with van der Waals surface area (Å²) in [5, 5.41) is 12.6. The molecule has 0 bridgehead atoms. The van der Waals surface area contributed by atoms with Crippen LogP contribution in [0.3, 0.4) is 0 Å². The molecule has 0 spiro atoms. The van der Waals surface area contributed by atoms with E-state index in [1.807, 2.05) is 0 Å². The van der Waals surface area contributed by atoms with Crippen LogP contribution in [-0.4, -0.2) is 57.9 Å². The molecule has 2 aliphatic rings. The van der Waals surface area contributed by atoms with E-state index in [2.05, 4.69) is 50.5 Å². The van der Waals surface area contributed by atoms with Gasteiger partial charge in [0.05, 0.1) is 12.7 Å². The molecule has 6 heteroatoms. The fourth-order valence-electron chi connectivity index (χ4n) is 3.82. The van der Waals surface area contributed by atoms with Crippen LogP contribution in [-0.2, 0) is 14.2 Å². The molecule has 0 radical (unpaired) electrons.